The van der Waals surface area contributed by atoms with E-state index in [0.29, 0.717) is 22.0 Å². The number of hydrogen-bond donors (Lipinski definition) is 2. The lowest BCUT2D eigenvalue weighted by Crippen LogP contribution is -1.89. The summed E-state index contributed by atoms with van der Waals surface area (Å²) in [6.07, 6.45) is 0. The van der Waals surface area contributed by atoms with Gasteiger partial charge in [0.2, 0.25) is 0 Å². The average molecular weight is 341 g/mol. The van der Waals surface area contributed by atoms with E-state index in [1.165, 1.54) is 6.92 Å². The first-order valence-corrected chi connectivity index (χ1v) is 7.51. The average Bonchev–Trinajstić information content (AvgIpc) is 2.60. The zero-order chi connectivity index (χ0) is 17.3. The highest BCUT2D eigenvalue weighted by Crippen LogP contribution is 2.47. The molecule has 3 aromatic carbocycles. The van der Waals surface area contributed by atoms with E-state index in [9.17, 15) is 15.0 Å². The maximum atomic E-state index is 11.3. The van der Waals surface area contributed by atoms with Crippen molar-refractivity contribution in [2.75, 3.05) is 0 Å². The van der Waals surface area contributed by atoms with E-state index in [4.69, 9.17) is 11.6 Å². The molecule has 2 N–H and O–H groups in total. The number of rotatable bonds is 3. The largest absolute Gasteiger partial charge is 0.506 e. The van der Waals surface area contributed by atoms with Crippen molar-refractivity contribution in [2.24, 2.45) is 10.2 Å². The van der Waals surface area contributed by atoms with Crippen LogP contribution in [0, 0.1) is 0 Å². The van der Waals surface area contributed by atoms with Crippen LogP contribution in [0.2, 0.25) is 5.02 Å². The summed E-state index contributed by atoms with van der Waals surface area (Å²) in [6, 6.07) is 13.3. The van der Waals surface area contributed by atoms with Crippen LogP contribution in [0.1, 0.15) is 17.3 Å². The monoisotopic (exact) mass is 340 g/mol. The molecule has 24 heavy (non-hydrogen) atoms. The van der Waals surface area contributed by atoms with Gasteiger partial charge in [0.05, 0.1) is 5.69 Å². The Morgan fingerprint density at radius 3 is 2.08 bits per heavy atom. The third kappa shape index (κ3) is 2.81. The minimum absolute atomic E-state index is 0.0106. The first kappa shape index (κ1) is 16.0. The summed E-state index contributed by atoms with van der Waals surface area (Å²) in [7, 11) is 0. The third-order valence-electron chi connectivity index (χ3n) is 3.62. The fraction of sp³-hybridized carbons (Fsp3) is 0.0556. The minimum Gasteiger partial charge on any atom is -0.506 e. The van der Waals surface area contributed by atoms with Gasteiger partial charge in [-0.05, 0) is 31.2 Å². The number of phenols is 2. The summed E-state index contributed by atoms with van der Waals surface area (Å²) >= 11 is 6.10. The first-order valence-electron chi connectivity index (χ1n) is 7.14. The molecular weight excluding hydrogens is 328 g/mol. The normalized spacial score (nSPS) is 11.2. The van der Waals surface area contributed by atoms with Crippen molar-refractivity contribution in [1.82, 2.24) is 0 Å². The summed E-state index contributed by atoms with van der Waals surface area (Å²) < 4.78 is 0. The zero-order valence-electron chi connectivity index (χ0n) is 12.7. The van der Waals surface area contributed by atoms with Crippen molar-refractivity contribution >= 4 is 39.5 Å². The number of azo groups is 1. The van der Waals surface area contributed by atoms with Gasteiger partial charge in [0.25, 0.3) is 0 Å². The number of benzene rings is 3. The third-order valence-corrected chi connectivity index (χ3v) is 3.97. The molecule has 0 fully saturated rings. The molecule has 0 spiro atoms. The van der Waals surface area contributed by atoms with Gasteiger partial charge in [-0.3, -0.25) is 4.79 Å². The van der Waals surface area contributed by atoms with Gasteiger partial charge in [0.1, 0.15) is 10.8 Å². The Hall–Kier alpha value is -2.92. The number of hydrogen-bond acceptors (Lipinski definition) is 5. The molecule has 0 aliphatic carbocycles. The molecule has 0 aliphatic rings. The first-order chi connectivity index (χ1) is 11.5. The number of carbonyl (C=O) groups is 1. The summed E-state index contributed by atoms with van der Waals surface area (Å²) in [5.41, 5.74) is 1.05. The zero-order valence-corrected chi connectivity index (χ0v) is 13.4. The van der Waals surface area contributed by atoms with Crippen molar-refractivity contribution < 1.29 is 15.0 Å². The number of phenolic OH excluding ortho intramolecular Hbond substituents is 2. The predicted octanol–water partition coefficient (Wildman–Crippen LogP) is 5.52. The standard InChI is InChI=1S/C18H13ClN2O3/c1-10(22)11-6-8-12(9-7-11)20-21-16-15(19)17(23)13-4-2-3-5-14(13)18(16)24/h2-9,23-24H,1H3. The number of fused-ring (bicyclic) bond motifs is 1. The van der Waals surface area contributed by atoms with Crippen LogP contribution >= 0.6 is 11.6 Å². The Bertz CT molecular complexity index is 966. The van der Waals surface area contributed by atoms with Gasteiger partial charge in [0.15, 0.2) is 17.2 Å². The van der Waals surface area contributed by atoms with Gasteiger partial charge in [-0.1, -0.05) is 35.9 Å². The maximum absolute atomic E-state index is 11.3. The van der Waals surface area contributed by atoms with E-state index in [0.717, 1.165) is 0 Å². The quantitative estimate of drug-likeness (QED) is 0.374. The molecule has 5 nitrogen and oxygen atoms in total. The molecule has 0 radical (unpaired) electrons. The molecule has 0 saturated heterocycles. The van der Waals surface area contributed by atoms with Crippen LogP contribution in [-0.4, -0.2) is 16.0 Å². The Labute approximate surface area is 142 Å². The van der Waals surface area contributed by atoms with E-state index in [1.54, 1.807) is 48.5 Å². The highest BCUT2D eigenvalue weighted by molar-refractivity contribution is 6.36. The topological polar surface area (TPSA) is 82.2 Å². The Morgan fingerprint density at radius 2 is 1.50 bits per heavy atom. The SMILES string of the molecule is CC(=O)c1ccc(N=Nc2c(Cl)c(O)c3ccccc3c2O)cc1. The highest BCUT2D eigenvalue weighted by Gasteiger charge is 2.17. The molecule has 6 heteroatoms. The molecule has 0 aromatic heterocycles. The summed E-state index contributed by atoms with van der Waals surface area (Å²) in [5, 5.41) is 29.3. The van der Waals surface area contributed by atoms with Crippen molar-refractivity contribution in [3.8, 4) is 11.5 Å². The number of carbonyl (C=O) groups excluding carboxylic acids is 1. The second kappa shape index (κ2) is 6.29. The van der Waals surface area contributed by atoms with Gasteiger partial charge in [-0.2, -0.15) is 5.11 Å². The molecule has 0 atom stereocenters. The van der Waals surface area contributed by atoms with Crippen molar-refractivity contribution in [1.29, 1.82) is 0 Å². The lowest BCUT2D eigenvalue weighted by atomic mass is 10.1. The van der Waals surface area contributed by atoms with Crippen LogP contribution in [0.25, 0.3) is 10.8 Å². The van der Waals surface area contributed by atoms with Crippen molar-refractivity contribution in [3.05, 3.63) is 59.1 Å². The fourth-order valence-electron chi connectivity index (χ4n) is 2.32. The van der Waals surface area contributed by atoms with E-state index in [-0.39, 0.29) is 28.0 Å². The molecule has 3 rings (SSSR count). The second-order valence-electron chi connectivity index (χ2n) is 5.21. The molecule has 3 aromatic rings. The minimum atomic E-state index is -0.161. The Morgan fingerprint density at radius 1 is 0.917 bits per heavy atom. The molecule has 0 bridgehead atoms. The van der Waals surface area contributed by atoms with E-state index < -0.39 is 0 Å². The Balaban J connectivity index is 2.05. The fourth-order valence-corrected chi connectivity index (χ4v) is 2.55. The van der Waals surface area contributed by atoms with E-state index in [2.05, 4.69) is 10.2 Å². The highest BCUT2D eigenvalue weighted by atomic mass is 35.5. The van der Waals surface area contributed by atoms with Crippen LogP contribution in [0.5, 0.6) is 11.5 Å². The molecule has 120 valence electrons. The van der Waals surface area contributed by atoms with Crippen LogP contribution < -0.4 is 0 Å². The Kier molecular flexibility index (Phi) is 4.18. The molecule has 0 saturated carbocycles. The summed E-state index contributed by atoms with van der Waals surface area (Å²) in [6.45, 7) is 1.48. The maximum Gasteiger partial charge on any atom is 0.159 e. The molecule has 0 unspecified atom stereocenters. The van der Waals surface area contributed by atoms with Gasteiger partial charge in [0, 0.05) is 16.3 Å². The molecular formula is C18H13ClN2O3. The molecule has 0 heterocycles. The smallest absolute Gasteiger partial charge is 0.159 e. The van der Waals surface area contributed by atoms with Crippen LogP contribution in [0.3, 0.4) is 0 Å². The molecule has 0 aliphatic heterocycles. The predicted molar refractivity (Wildman–Crippen MR) is 92.9 cm³/mol. The number of nitrogens with zero attached hydrogens (tertiary/aromatic N) is 2. The van der Waals surface area contributed by atoms with Gasteiger partial charge in [-0.25, -0.2) is 0 Å². The van der Waals surface area contributed by atoms with Crippen LogP contribution in [0.15, 0.2) is 58.8 Å². The number of ketones is 1. The van der Waals surface area contributed by atoms with Crippen LogP contribution in [-0.2, 0) is 0 Å². The number of aromatic hydroxyl groups is 2. The lowest BCUT2D eigenvalue weighted by Gasteiger charge is -2.08. The van der Waals surface area contributed by atoms with Crippen molar-refractivity contribution in [2.45, 2.75) is 6.92 Å². The van der Waals surface area contributed by atoms with Gasteiger partial charge in [-0.15, -0.1) is 5.11 Å². The van der Waals surface area contributed by atoms with E-state index in [1.807, 2.05) is 0 Å². The van der Waals surface area contributed by atoms with E-state index >= 15 is 0 Å². The van der Waals surface area contributed by atoms with Gasteiger partial charge >= 0.3 is 0 Å². The molecule has 0 amide bonds. The van der Waals surface area contributed by atoms with Crippen molar-refractivity contribution in [3.63, 3.8) is 0 Å². The summed E-state index contributed by atoms with van der Waals surface area (Å²) in [5.74, 6) is -0.359. The second-order valence-corrected chi connectivity index (χ2v) is 5.59. The number of halogens is 1. The lowest BCUT2D eigenvalue weighted by molar-refractivity contribution is 0.101. The number of Topliss-reactive ketones (excluding diaryl/α,β-unsaturated/α-hetero) is 1. The van der Waals surface area contributed by atoms with Gasteiger partial charge < -0.3 is 10.2 Å². The summed E-state index contributed by atoms with van der Waals surface area (Å²) in [4.78, 5) is 11.3. The van der Waals surface area contributed by atoms with Crippen LogP contribution in [0.4, 0.5) is 11.4 Å².